The average Bonchev–Trinajstić information content (AvgIpc) is 2.74. The second-order valence-corrected chi connectivity index (χ2v) is 5.94. The van der Waals surface area contributed by atoms with Gasteiger partial charge in [-0.25, -0.2) is 4.79 Å². The fraction of sp³-hybridized carbons (Fsp3) is 0.769. The maximum absolute atomic E-state index is 12.0. The molecule has 0 N–H and O–H groups in total. The molecule has 6 nitrogen and oxygen atoms in total. The summed E-state index contributed by atoms with van der Waals surface area (Å²) < 4.78 is 10.4. The molecular weight excluding hydrogens is 246 g/mol. The van der Waals surface area contributed by atoms with E-state index in [2.05, 4.69) is 10.1 Å². The summed E-state index contributed by atoms with van der Waals surface area (Å²) in [5, 5.41) is 3.94. The molecule has 19 heavy (non-hydrogen) atoms. The van der Waals surface area contributed by atoms with E-state index < -0.39 is 5.60 Å². The molecule has 0 aliphatic carbocycles. The smallest absolute Gasteiger partial charge is 0.410 e. The maximum Gasteiger partial charge on any atom is 0.410 e. The molecule has 106 valence electrons. The molecule has 1 saturated heterocycles. The molecule has 0 aromatic carbocycles. The number of ether oxygens (including phenoxy) is 1. The van der Waals surface area contributed by atoms with Crippen molar-refractivity contribution in [1.29, 1.82) is 0 Å². The van der Waals surface area contributed by atoms with E-state index in [1.54, 1.807) is 11.8 Å². The Kier molecular flexibility index (Phi) is 3.78. The van der Waals surface area contributed by atoms with Crippen molar-refractivity contribution in [2.24, 2.45) is 0 Å². The fourth-order valence-electron chi connectivity index (χ4n) is 2.16. The van der Waals surface area contributed by atoms with Gasteiger partial charge in [-0.3, -0.25) is 0 Å². The third kappa shape index (κ3) is 3.68. The van der Waals surface area contributed by atoms with Gasteiger partial charge < -0.3 is 14.2 Å². The lowest BCUT2D eigenvalue weighted by Crippen LogP contribution is -2.42. The second kappa shape index (κ2) is 5.19. The van der Waals surface area contributed by atoms with E-state index in [1.807, 2.05) is 20.8 Å². The Bertz CT molecular complexity index is 450. The first-order chi connectivity index (χ1) is 8.85. The predicted octanol–water partition coefficient (Wildman–Crippen LogP) is 2.49. The van der Waals surface area contributed by atoms with E-state index in [4.69, 9.17) is 9.26 Å². The number of likely N-dealkylation sites (tertiary alicyclic amines) is 1. The highest BCUT2D eigenvalue weighted by Crippen LogP contribution is 2.25. The molecule has 1 atom stereocenters. The van der Waals surface area contributed by atoms with Crippen LogP contribution in [0.4, 0.5) is 4.79 Å². The molecule has 6 heteroatoms. The van der Waals surface area contributed by atoms with E-state index in [9.17, 15) is 4.79 Å². The third-order valence-corrected chi connectivity index (χ3v) is 2.98. The van der Waals surface area contributed by atoms with Crippen molar-refractivity contribution in [3.05, 3.63) is 11.7 Å². The van der Waals surface area contributed by atoms with Gasteiger partial charge in [-0.05, 0) is 33.6 Å². The van der Waals surface area contributed by atoms with Crippen LogP contribution < -0.4 is 0 Å². The number of aromatic nitrogens is 2. The van der Waals surface area contributed by atoms with Crippen molar-refractivity contribution < 1.29 is 14.1 Å². The molecule has 1 aromatic heterocycles. The van der Waals surface area contributed by atoms with Gasteiger partial charge in [0, 0.05) is 25.9 Å². The molecular formula is C13H21N3O3. The molecule has 1 aromatic rings. The number of hydrogen-bond acceptors (Lipinski definition) is 5. The largest absolute Gasteiger partial charge is 0.444 e. The molecule has 0 saturated carbocycles. The fourth-order valence-corrected chi connectivity index (χ4v) is 2.16. The Hall–Kier alpha value is -1.59. The van der Waals surface area contributed by atoms with Gasteiger partial charge in [0.1, 0.15) is 5.60 Å². The van der Waals surface area contributed by atoms with E-state index in [-0.39, 0.29) is 12.0 Å². The van der Waals surface area contributed by atoms with Crippen molar-refractivity contribution in [1.82, 2.24) is 15.0 Å². The maximum atomic E-state index is 12.0. The summed E-state index contributed by atoms with van der Waals surface area (Å²) >= 11 is 0. The Morgan fingerprint density at radius 3 is 2.79 bits per heavy atom. The highest BCUT2D eigenvalue weighted by Gasteiger charge is 2.30. The molecule has 1 aliphatic heterocycles. The first-order valence-corrected chi connectivity index (χ1v) is 6.63. The van der Waals surface area contributed by atoms with Crippen molar-refractivity contribution in [2.75, 3.05) is 13.1 Å². The molecule has 0 unspecified atom stereocenters. The lowest BCUT2D eigenvalue weighted by atomic mass is 9.98. The van der Waals surface area contributed by atoms with Crippen LogP contribution in [0.1, 0.15) is 51.2 Å². The number of rotatable bonds is 1. The van der Waals surface area contributed by atoms with Crippen LogP contribution in [-0.4, -0.2) is 39.8 Å². The molecule has 1 aliphatic rings. The number of aryl methyl sites for hydroxylation is 1. The number of amides is 1. The van der Waals surface area contributed by atoms with Gasteiger partial charge in [0.25, 0.3) is 0 Å². The van der Waals surface area contributed by atoms with E-state index in [0.29, 0.717) is 18.3 Å². The first kappa shape index (κ1) is 13.8. The Morgan fingerprint density at radius 2 is 2.21 bits per heavy atom. The van der Waals surface area contributed by atoms with Crippen LogP contribution >= 0.6 is 0 Å². The van der Waals surface area contributed by atoms with Crippen LogP contribution in [0.2, 0.25) is 0 Å². The molecule has 2 rings (SSSR count). The van der Waals surface area contributed by atoms with Crippen molar-refractivity contribution in [3.63, 3.8) is 0 Å². The van der Waals surface area contributed by atoms with Crippen LogP contribution in [0.3, 0.4) is 0 Å². The quantitative estimate of drug-likeness (QED) is 0.782. The topological polar surface area (TPSA) is 68.5 Å². The van der Waals surface area contributed by atoms with Crippen molar-refractivity contribution in [3.8, 4) is 0 Å². The van der Waals surface area contributed by atoms with Gasteiger partial charge in [0.05, 0.1) is 0 Å². The minimum absolute atomic E-state index is 0.138. The monoisotopic (exact) mass is 267 g/mol. The van der Waals surface area contributed by atoms with Gasteiger partial charge in [0.2, 0.25) is 5.89 Å². The molecule has 0 bridgehead atoms. The summed E-state index contributed by atoms with van der Waals surface area (Å²) in [7, 11) is 0. The van der Waals surface area contributed by atoms with Crippen LogP contribution in [0, 0.1) is 6.92 Å². The normalized spacial score (nSPS) is 20.4. The summed E-state index contributed by atoms with van der Waals surface area (Å²) in [5.74, 6) is 1.38. The molecule has 1 amide bonds. The predicted molar refractivity (Wildman–Crippen MR) is 68.8 cm³/mol. The third-order valence-electron chi connectivity index (χ3n) is 2.98. The number of hydrogen-bond donors (Lipinski definition) is 0. The summed E-state index contributed by atoms with van der Waals surface area (Å²) in [5.41, 5.74) is -0.466. The zero-order chi connectivity index (χ0) is 14.0. The zero-order valence-corrected chi connectivity index (χ0v) is 12.0. The molecule has 2 heterocycles. The number of carbonyl (C=O) groups excluding carboxylic acids is 1. The van der Waals surface area contributed by atoms with E-state index >= 15 is 0 Å². The number of nitrogens with zero attached hydrogens (tertiary/aromatic N) is 3. The Morgan fingerprint density at radius 1 is 1.47 bits per heavy atom. The molecule has 0 spiro atoms. The summed E-state index contributed by atoms with van der Waals surface area (Å²) in [6.45, 7) is 8.69. The minimum atomic E-state index is -0.466. The average molecular weight is 267 g/mol. The van der Waals surface area contributed by atoms with Crippen LogP contribution in [-0.2, 0) is 4.74 Å². The highest BCUT2D eigenvalue weighted by molar-refractivity contribution is 5.68. The second-order valence-electron chi connectivity index (χ2n) is 5.94. The van der Waals surface area contributed by atoms with Gasteiger partial charge in [-0.2, -0.15) is 4.98 Å². The van der Waals surface area contributed by atoms with Crippen molar-refractivity contribution in [2.45, 2.75) is 52.1 Å². The van der Waals surface area contributed by atoms with E-state index in [0.717, 1.165) is 19.4 Å². The summed E-state index contributed by atoms with van der Waals surface area (Å²) in [6.07, 6.45) is 1.63. The van der Waals surface area contributed by atoms with Gasteiger partial charge in [0.15, 0.2) is 5.82 Å². The molecule has 0 radical (unpaired) electrons. The van der Waals surface area contributed by atoms with Crippen molar-refractivity contribution >= 4 is 6.09 Å². The Labute approximate surface area is 113 Å². The first-order valence-electron chi connectivity index (χ1n) is 6.63. The lowest BCUT2D eigenvalue weighted by Gasteiger charge is -2.32. The Balaban J connectivity index is 1.99. The number of piperidine rings is 1. The van der Waals surface area contributed by atoms with Crippen LogP contribution in [0.15, 0.2) is 4.52 Å². The van der Waals surface area contributed by atoms with Crippen LogP contribution in [0.5, 0.6) is 0 Å². The summed E-state index contributed by atoms with van der Waals surface area (Å²) in [6, 6.07) is 0. The van der Waals surface area contributed by atoms with Gasteiger partial charge in [-0.15, -0.1) is 0 Å². The van der Waals surface area contributed by atoms with Gasteiger partial charge >= 0.3 is 6.09 Å². The number of carbonyl (C=O) groups is 1. The lowest BCUT2D eigenvalue weighted by molar-refractivity contribution is 0.0195. The minimum Gasteiger partial charge on any atom is -0.444 e. The molecule has 1 fully saturated rings. The van der Waals surface area contributed by atoms with Gasteiger partial charge in [-0.1, -0.05) is 5.16 Å². The zero-order valence-electron chi connectivity index (χ0n) is 12.0. The van der Waals surface area contributed by atoms with E-state index in [1.165, 1.54) is 0 Å². The highest BCUT2D eigenvalue weighted by atomic mass is 16.6. The SMILES string of the molecule is Cc1nc([C@H]2CCCN(C(=O)OC(C)(C)C)C2)no1. The standard InChI is InChI=1S/C13H21N3O3/c1-9-14-11(15-19-9)10-6-5-7-16(8-10)12(17)18-13(2,3)4/h10H,5-8H2,1-4H3/t10-/m0/s1. The summed E-state index contributed by atoms with van der Waals surface area (Å²) in [4.78, 5) is 18.0. The van der Waals surface area contributed by atoms with Crippen LogP contribution in [0.25, 0.3) is 0 Å².